The van der Waals surface area contributed by atoms with E-state index >= 15 is 0 Å². The normalized spacial score (nSPS) is 14.0. The van der Waals surface area contributed by atoms with Crippen LogP contribution in [0.4, 0.5) is 0 Å². The van der Waals surface area contributed by atoms with Crippen molar-refractivity contribution in [3.8, 4) is 0 Å². The van der Waals surface area contributed by atoms with E-state index in [1.54, 1.807) is 11.3 Å². The van der Waals surface area contributed by atoms with Crippen molar-refractivity contribution in [1.82, 2.24) is 10.0 Å². The summed E-state index contributed by atoms with van der Waals surface area (Å²) in [6.07, 6.45) is 1.98. The van der Waals surface area contributed by atoms with E-state index < -0.39 is 10.0 Å². The minimum absolute atomic E-state index is 0.350. The largest absolute Gasteiger partial charge is 0.309 e. The molecule has 2 N–H and O–H groups in total. The average Bonchev–Trinajstić information content (AvgIpc) is 2.74. The monoisotopic (exact) mass is 290 g/mol. The zero-order valence-electron chi connectivity index (χ0n) is 11.1. The van der Waals surface area contributed by atoms with Gasteiger partial charge in [0.1, 0.15) is 0 Å². The molecule has 0 unspecified atom stereocenters. The van der Waals surface area contributed by atoms with Gasteiger partial charge >= 0.3 is 0 Å². The Balaban J connectivity index is 2.32. The molecular formula is C12H22N2O2S2. The number of hydrogen-bond acceptors (Lipinski definition) is 4. The summed E-state index contributed by atoms with van der Waals surface area (Å²) < 4.78 is 24.3. The van der Waals surface area contributed by atoms with Gasteiger partial charge in [0, 0.05) is 17.5 Å². The highest BCUT2D eigenvalue weighted by Gasteiger charge is 2.15. The highest BCUT2D eigenvalue weighted by molar-refractivity contribution is 7.88. The van der Waals surface area contributed by atoms with Crippen molar-refractivity contribution < 1.29 is 8.42 Å². The molecule has 1 aromatic heterocycles. The Kier molecular flexibility index (Phi) is 6.28. The van der Waals surface area contributed by atoms with Crippen molar-refractivity contribution in [3.63, 3.8) is 0 Å². The van der Waals surface area contributed by atoms with Crippen molar-refractivity contribution in [2.24, 2.45) is 5.92 Å². The Labute approximate surface area is 114 Å². The highest BCUT2D eigenvalue weighted by Crippen LogP contribution is 2.25. The van der Waals surface area contributed by atoms with Gasteiger partial charge in [-0.2, -0.15) is 0 Å². The van der Waals surface area contributed by atoms with Crippen LogP contribution in [0, 0.1) is 5.92 Å². The molecule has 0 aliphatic carbocycles. The first-order valence-electron chi connectivity index (χ1n) is 6.11. The van der Waals surface area contributed by atoms with Gasteiger partial charge in [-0.1, -0.05) is 19.9 Å². The van der Waals surface area contributed by atoms with Crippen LogP contribution < -0.4 is 10.0 Å². The van der Waals surface area contributed by atoms with E-state index in [0.717, 1.165) is 13.0 Å². The maximum Gasteiger partial charge on any atom is 0.208 e. The van der Waals surface area contributed by atoms with Gasteiger partial charge in [-0.05, 0) is 30.3 Å². The minimum Gasteiger partial charge on any atom is -0.309 e. The summed E-state index contributed by atoms with van der Waals surface area (Å²) in [6.45, 7) is 5.67. The summed E-state index contributed by atoms with van der Waals surface area (Å²) in [6, 6.07) is 4.54. The third-order valence-corrected chi connectivity index (χ3v) is 4.28. The summed E-state index contributed by atoms with van der Waals surface area (Å²) >= 11 is 1.75. The molecule has 18 heavy (non-hydrogen) atoms. The lowest BCUT2D eigenvalue weighted by atomic mass is 10.0. The van der Waals surface area contributed by atoms with Crippen molar-refractivity contribution in [2.45, 2.75) is 26.3 Å². The lowest BCUT2D eigenvalue weighted by Gasteiger charge is -2.21. The first-order chi connectivity index (χ1) is 8.40. The molecule has 0 aliphatic rings. The number of nitrogens with one attached hydrogen (secondary N) is 2. The Hall–Kier alpha value is -0.430. The predicted octanol–water partition coefficient (Wildman–Crippen LogP) is 1.97. The van der Waals surface area contributed by atoms with Crippen LogP contribution in [-0.2, 0) is 10.0 Å². The molecule has 0 saturated heterocycles. The van der Waals surface area contributed by atoms with Crippen molar-refractivity contribution in [3.05, 3.63) is 22.4 Å². The molecule has 0 radical (unpaired) electrons. The fourth-order valence-electron chi connectivity index (χ4n) is 1.74. The zero-order chi connectivity index (χ0) is 13.6. The second-order valence-electron chi connectivity index (χ2n) is 4.71. The number of sulfonamides is 1. The van der Waals surface area contributed by atoms with Crippen LogP contribution in [0.25, 0.3) is 0 Å². The van der Waals surface area contributed by atoms with Crippen LogP contribution in [0.1, 0.15) is 31.2 Å². The number of hydrogen-bond donors (Lipinski definition) is 2. The second kappa shape index (κ2) is 7.23. The Morgan fingerprint density at radius 1 is 1.33 bits per heavy atom. The highest BCUT2D eigenvalue weighted by atomic mass is 32.2. The Bertz CT molecular complexity index is 427. The van der Waals surface area contributed by atoms with Gasteiger partial charge in [-0.3, -0.25) is 0 Å². The van der Waals surface area contributed by atoms with Crippen LogP contribution in [0.15, 0.2) is 17.5 Å². The number of rotatable bonds is 8. The van der Waals surface area contributed by atoms with Crippen LogP contribution >= 0.6 is 11.3 Å². The fourth-order valence-corrected chi connectivity index (χ4v) is 3.23. The van der Waals surface area contributed by atoms with Gasteiger partial charge in [-0.25, -0.2) is 13.1 Å². The van der Waals surface area contributed by atoms with Gasteiger partial charge < -0.3 is 5.32 Å². The SMILES string of the molecule is CC(C)[C@@H](NCCCNS(C)(=O)=O)c1cccs1. The lowest BCUT2D eigenvalue weighted by molar-refractivity contribution is 0.415. The maximum atomic E-state index is 10.9. The van der Waals surface area contributed by atoms with Crippen molar-refractivity contribution in [2.75, 3.05) is 19.3 Å². The molecule has 1 rings (SSSR count). The van der Waals surface area contributed by atoms with Crippen molar-refractivity contribution >= 4 is 21.4 Å². The average molecular weight is 290 g/mol. The van der Waals surface area contributed by atoms with Crippen LogP contribution in [0.2, 0.25) is 0 Å². The van der Waals surface area contributed by atoms with E-state index in [9.17, 15) is 8.42 Å². The molecule has 0 amide bonds. The van der Waals surface area contributed by atoms with E-state index in [-0.39, 0.29) is 0 Å². The summed E-state index contributed by atoms with van der Waals surface area (Å²) in [5.74, 6) is 0.520. The van der Waals surface area contributed by atoms with E-state index in [1.165, 1.54) is 11.1 Å². The third kappa shape index (κ3) is 5.95. The quantitative estimate of drug-likeness (QED) is 0.720. The van der Waals surface area contributed by atoms with Gasteiger partial charge in [0.25, 0.3) is 0 Å². The van der Waals surface area contributed by atoms with Crippen LogP contribution in [-0.4, -0.2) is 27.8 Å². The van der Waals surface area contributed by atoms with E-state index in [4.69, 9.17) is 0 Å². The molecule has 0 spiro atoms. The molecule has 0 saturated carbocycles. The van der Waals surface area contributed by atoms with Crippen molar-refractivity contribution in [1.29, 1.82) is 0 Å². The molecule has 4 nitrogen and oxygen atoms in total. The first-order valence-corrected chi connectivity index (χ1v) is 8.88. The number of thiophene rings is 1. The fraction of sp³-hybridized carbons (Fsp3) is 0.667. The molecule has 104 valence electrons. The van der Waals surface area contributed by atoms with E-state index in [0.29, 0.717) is 18.5 Å². The van der Waals surface area contributed by atoms with Gasteiger partial charge in [0.15, 0.2) is 0 Å². The van der Waals surface area contributed by atoms with E-state index in [1.807, 2.05) is 0 Å². The Morgan fingerprint density at radius 2 is 2.06 bits per heavy atom. The standard InChI is InChI=1S/C12H22N2O2S2/c1-10(2)12(11-6-4-9-17-11)13-7-5-8-14-18(3,15)16/h4,6,9-10,12-14H,5,7-8H2,1-3H3/t12-/m1/s1. The Morgan fingerprint density at radius 3 is 2.56 bits per heavy atom. The predicted molar refractivity (Wildman–Crippen MR) is 77.4 cm³/mol. The van der Waals surface area contributed by atoms with Crippen LogP contribution in [0.5, 0.6) is 0 Å². The lowest BCUT2D eigenvalue weighted by Crippen LogP contribution is -2.29. The van der Waals surface area contributed by atoms with Gasteiger partial charge in [-0.15, -0.1) is 11.3 Å². The summed E-state index contributed by atoms with van der Waals surface area (Å²) in [4.78, 5) is 1.33. The third-order valence-electron chi connectivity index (χ3n) is 2.60. The summed E-state index contributed by atoms with van der Waals surface area (Å²) in [5.41, 5.74) is 0. The molecular weight excluding hydrogens is 268 g/mol. The van der Waals surface area contributed by atoms with E-state index in [2.05, 4.69) is 41.4 Å². The molecule has 0 aliphatic heterocycles. The smallest absolute Gasteiger partial charge is 0.208 e. The van der Waals surface area contributed by atoms with Gasteiger partial charge in [0.05, 0.1) is 6.26 Å². The summed E-state index contributed by atoms with van der Waals surface area (Å²) in [7, 11) is -3.06. The summed E-state index contributed by atoms with van der Waals surface area (Å²) in [5, 5.41) is 5.56. The molecule has 1 aromatic rings. The van der Waals surface area contributed by atoms with Crippen LogP contribution in [0.3, 0.4) is 0 Å². The maximum absolute atomic E-state index is 10.9. The molecule has 0 bridgehead atoms. The van der Waals surface area contributed by atoms with Gasteiger partial charge in [0.2, 0.25) is 10.0 Å². The molecule has 0 aromatic carbocycles. The topological polar surface area (TPSA) is 58.2 Å². The zero-order valence-corrected chi connectivity index (χ0v) is 12.8. The first kappa shape index (κ1) is 15.6. The second-order valence-corrected chi connectivity index (χ2v) is 7.52. The molecule has 6 heteroatoms. The minimum atomic E-state index is -3.06. The molecule has 0 fully saturated rings. The molecule has 1 heterocycles. The molecule has 1 atom stereocenters.